The van der Waals surface area contributed by atoms with Gasteiger partial charge < -0.3 is 5.32 Å². The SMILES string of the molecule is O=C(CCCCCl)Nc1cnc2ccccc2c1Cl. The zero-order valence-corrected chi connectivity index (χ0v) is 11.8. The molecule has 1 heterocycles. The molecule has 0 saturated heterocycles. The van der Waals surface area contributed by atoms with E-state index in [2.05, 4.69) is 10.3 Å². The van der Waals surface area contributed by atoms with Crippen LogP contribution >= 0.6 is 23.2 Å². The highest BCUT2D eigenvalue weighted by molar-refractivity contribution is 6.38. The molecule has 1 N–H and O–H groups in total. The van der Waals surface area contributed by atoms with Crippen LogP contribution in [0.5, 0.6) is 0 Å². The molecule has 0 radical (unpaired) electrons. The maximum Gasteiger partial charge on any atom is 0.224 e. The van der Waals surface area contributed by atoms with E-state index in [1.807, 2.05) is 24.3 Å². The lowest BCUT2D eigenvalue weighted by atomic mass is 10.2. The molecule has 100 valence electrons. The van der Waals surface area contributed by atoms with Gasteiger partial charge in [0.2, 0.25) is 5.91 Å². The van der Waals surface area contributed by atoms with E-state index < -0.39 is 0 Å². The fourth-order valence-corrected chi connectivity index (χ4v) is 2.23. The summed E-state index contributed by atoms with van der Waals surface area (Å²) in [5.74, 6) is 0.509. The summed E-state index contributed by atoms with van der Waals surface area (Å²) in [5.41, 5.74) is 1.36. The minimum absolute atomic E-state index is 0.0657. The largest absolute Gasteiger partial charge is 0.323 e. The minimum atomic E-state index is -0.0657. The zero-order chi connectivity index (χ0) is 13.7. The molecule has 0 atom stereocenters. The lowest BCUT2D eigenvalue weighted by Gasteiger charge is -2.08. The van der Waals surface area contributed by atoms with Gasteiger partial charge in [-0.1, -0.05) is 29.8 Å². The van der Waals surface area contributed by atoms with Crippen LogP contribution in [0.1, 0.15) is 19.3 Å². The Morgan fingerprint density at radius 3 is 2.84 bits per heavy atom. The summed E-state index contributed by atoms with van der Waals surface area (Å²) in [6.45, 7) is 0. The van der Waals surface area contributed by atoms with E-state index in [9.17, 15) is 4.79 Å². The van der Waals surface area contributed by atoms with Crippen LogP contribution < -0.4 is 5.32 Å². The molecule has 2 aromatic rings. The van der Waals surface area contributed by atoms with Crippen molar-refractivity contribution >= 4 is 45.7 Å². The first-order chi connectivity index (χ1) is 9.22. The van der Waals surface area contributed by atoms with E-state index in [0.29, 0.717) is 23.0 Å². The van der Waals surface area contributed by atoms with Crippen LogP contribution in [-0.2, 0) is 4.79 Å². The number of hydrogen-bond donors (Lipinski definition) is 1. The number of pyridine rings is 1. The van der Waals surface area contributed by atoms with Crippen molar-refractivity contribution in [3.63, 3.8) is 0 Å². The highest BCUT2D eigenvalue weighted by Gasteiger charge is 2.09. The second kappa shape index (κ2) is 6.73. The van der Waals surface area contributed by atoms with Crippen LogP contribution in [0.3, 0.4) is 0 Å². The molecule has 1 aromatic carbocycles. The third kappa shape index (κ3) is 3.58. The zero-order valence-electron chi connectivity index (χ0n) is 10.3. The smallest absolute Gasteiger partial charge is 0.224 e. The van der Waals surface area contributed by atoms with Crippen LogP contribution in [0, 0.1) is 0 Å². The summed E-state index contributed by atoms with van der Waals surface area (Å²) < 4.78 is 0. The lowest BCUT2D eigenvalue weighted by molar-refractivity contribution is -0.116. The van der Waals surface area contributed by atoms with Gasteiger partial charge in [0, 0.05) is 17.7 Å². The first kappa shape index (κ1) is 14.1. The molecule has 19 heavy (non-hydrogen) atoms. The van der Waals surface area contributed by atoms with Crippen molar-refractivity contribution in [2.45, 2.75) is 19.3 Å². The van der Waals surface area contributed by atoms with Crippen molar-refractivity contribution in [2.24, 2.45) is 0 Å². The topological polar surface area (TPSA) is 42.0 Å². The molecule has 0 spiro atoms. The van der Waals surface area contributed by atoms with Gasteiger partial charge in [-0.05, 0) is 18.9 Å². The molecule has 5 heteroatoms. The van der Waals surface area contributed by atoms with Gasteiger partial charge in [0.25, 0.3) is 0 Å². The normalized spacial score (nSPS) is 10.6. The summed E-state index contributed by atoms with van der Waals surface area (Å²) in [5, 5.41) is 4.14. The first-order valence-corrected chi connectivity index (χ1v) is 7.02. The molecular weight excluding hydrogens is 283 g/mol. The van der Waals surface area contributed by atoms with Gasteiger partial charge in [-0.3, -0.25) is 9.78 Å². The molecule has 0 bridgehead atoms. The number of alkyl halides is 1. The number of carbonyl (C=O) groups is 1. The van der Waals surface area contributed by atoms with Crippen molar-refractivity contribution in [2.75, 3.05) is 11.2 Å². The Labute approximate surface area is 121 Å². The van der Waals surface area contributed by atoms with E-state index in [-0.39, 0.29) is 5.91 Å². The molecule has 0 aliphatic carbocycles. The Kier molecular flexibility index (Phi) is 5.00. The van der Waals surface area contributed by atoms with Gasteiger partial charge in [0.1, 0.15) is 0 Å². The second-order valence-electron chi connectivity index (χ2n) is 4.20. The maximum absolute atomic E-state index is 11.7. The fraction of sp³-hybridized carbons (Fsp3) is 0.286. The van der Waals surface area contributed by atoms with Crippen molar-refractivity contribution in [1.82, 2.24) is 4.98 Å². The van der Waals surface area contributed by atoms with Crippen LogP contribution in [0.15, 0.2) is 30.5 Å². The predicted octanol–water partition coefficient (Wildman–Crippen LogP) is 4.24. The quantitative estimate of drug-likeness (QED) is 0.662. The number of nitrogens with one attached hydrogen (secondary N) is 1. The third-order valence-corrected chi connectivity index (χ3v) is 3.45. The number of rotatable bonds is 5. The van der Waals surface area contributed by atoms with Gasteiger partial charge in [-0.25, -0.2) is 0 Å². The fourth-order valence-electron chi connectivity index (χ4n) is 1.79. The van der Waals surface area contributed by atoms with Crippen LogP contribution in [-0.4, -0.2) is 16.8 Å². The van der Waals surface area contributed by atoms with Crippen LogP contribution in [0.25, 0.3) is 10.9 Å². The van der Waals surface area contributed by atoms with E-state index in [1.54, 1.807) is 6.20 Å². The molecule has 0 saturated carbocycles. The molecule has 2 rings (SSSR count). The Morgan fingerprint density at radius 1 is 1.26 bits per heavy atom. The van der Waals surface area contributed by atoms with E-state index >= 15 is 0 Å². The number of fused-ring (bicyclic) bond motifs is 1. The monoisotopic (exact) mass is 296 g/mol. The number of para-hydroxylation sites is 1. The number of anilines is 1. The number of halogens is 2. The molecule has 1 aromatic heterocycles. The average Bonchev–Trinajstić information content (AvgIpc) is 2.43. The molecule has 0 unspecified atom stereocenters. The van der Waals surface area contributed by atoms with Gasteiger partial charge in [-0.15, -0.1) is 11.6 Å². The van der Waals surface area contributed by atoms with Crippen LogP contribution in [0.4, 0.5) is 5.69 Å². The Morgan fingerprint density at radius 2 is 2.05 bits per heavy atom. The molecule has 0 fully saturated rings. The van der Waals surface area contributed by atoms with Gasteiger partial charge in [-0.2, -0.15) is 0 Å². The number of unbranched alkanes of at least 4 members (excludes halogenated alkanes) is 1. The van der Waals surface area contributed by atoms with E-state index in [4.69, 9.17) is 23.2 Å². The van der Waals surface area contributed by atoms with Gasteiger partial charge in [0.15, 0.2) is 0 Å². The predicted molar refractivity (Wildman–Crippen MR) is 80.0 cm³/mol. The van der Waals surface area contributed by atoms with Crippen LogP contribution in [0.2, 0.25) is 5.02 Å². The third-order valence-electron chi connectivity index (χ3n) is 2.77. The average molecular weight is 297 g/mol. The summed E-state index contributed by atoms with van der Waals surface area (Å²) in [6, 6.07) is 7.55. The van der Waals surface area contributed by atoms with Gasteiger partial charge in [0.05, 0.1) is 22.4 Å². The van der Waals surface area contributed by atoms with Crippen molar-refractivity contribution < 1.29 is 4.79 Å². The minimum Gasteiger partial charge on any atom is -0.323 e. The second-order valence-corrected chi connectivity index (χ2v) is 4.95. The van der Waals surface area contributed by atoms with E-state index in [0.717, 1.165) is 23.7 Å². The summed E-state index contributed by atoms with van der Waals surface area (Å²) in [4.78, 5) is 16.0. The first-order valence-electron chi connectivity index (χ1n) is 6.11. The molecule has 0 aliphatic rings. The summed E-state index contributed by atoms with van der Waals surface area (Å²) in [6.07, 6.45) is 3.63. The number of hydrogen-bond acceptors (Lipinski definition) is 2. The summed E-state index contributed by atoms with van der Waals surface area (Å²) in [7, 11) is 0. The van der Waals surface area contributed by atoms with Crippen molar-refractivity contribution in [1.29, 1.82) is 0 Å². The molecular formula is C14H14Cl2N2O. The number of aromatic nitrogens is 1. The lowest BCUT2D eigenvalue weighted by Crippen LogP contribution is -2.11. The Balaban J connectivity index is 2.12. The molecule has 1 amide bonds. The number of nitrogens with zero attached hydrogens (tertiary/aromatic N) is 1. The molecule has 3 nitrogen and oxygen atoms in total. The van der Waals surface area contributed by atoms with Gasteiger partial charge >= 0.3 is 0 Å². The summed E-state index contributed by atoms with van der Waals surface area (Å²) >= 11 is 11.8. The highest BCUT2D eigenvalue weighted by Crippen LogP contribution is 2.29. The number of amides is 1. The van der Waals surface area contributed by atoms with E-state index in [1.165, 1.54) is 0 Å². The highest BCUT2D eigenvalue weighted by atomic mass is 35.5. The Bertz CT molecular complexity index is 587. The number of carbonyl (C=O) groups excluding carboxylic acids is 1. The standard InChI is InChI=1S/C14H14Cl2N2O/c15-8-4-3-7-13(19)18-12-9-17-11-6-2-1-5-10(11)14(12)16/h1-2,5-6,9H,3-4,7-8H2,(H,18,19). The maximum atomic E-state index is 11.7. The van der Waals surface area contributed by atoms with Crippen molar-refractivity contribution in [3.8, 4) is 0 Å². The van der Waals surface area contributed by atoms with Crippen molar-refractivity contribution in [3.05, 3.63) is 35.5 Å². The molecule has 0 aliphatic heterocycles. The number of benzene rings is 1. The Hall–Kier alpha value is -1.32.